The highest BCUT2D eigenvalue weighted by molar-refractivity contribution is 5.85. The number of anilines is 1. The highest BCUT2D eigenvalue weighted by Crippen LogP contribution is 2.30. The van der Waals surface area contributed by atoms with Gasteiger partial charge >= 0.3 is 12.1 Å². The van der Waals surface area contributed by atoms with Crippen LogP contribution in [0, 0.1) is 5.92 Å². The van der Waals surface area contributed by atoms with E-state index in [1.54, 1.807) is 63.4 Å². The van der Waals surface area contributed by atoms with Gasteiger partial charge < -0.3 is 24.1 Å². The Labute approximate surface area is 206 Å². The number of hydrogen-bond acceptors (Lipinski definition) is 7. The maximum atomic E-state index is 12.7. The van der Waals surface area contributed by atoms with Crippen LogP contribution in [-0.2, 0) is 14.3 Å². The topological polar surface area (TPSA) is 103 Å². The third-order valence-corrected chi connectivity index (χ3v) is 4.91. The number of hydrogen-bond donors (Lipinski definition) is 2. The molecule has 2 atom stereocenters. The van der Waals surface area contributed by atoms with Crippen LogP contribution in [0.4, 0.5) is 10.5 Å². The van der Waals surface area contributed by atoms with Gasteiger partial charge in [-0.3, -0.25) is 5.32 Å². The van der Waals surface area contributed by atoms with Crippen LogP contribution in [-0.4, -0.2) is 44.1 Å². The summed E-state index contributed by atoms with van der Waals surface area (Å²) < 4.78 is 21.3. The summed E-state index contributed by atoms with van der Waals surface area (Å²) >= 11 is 0. The van der Waals surface area contributed by atoms with Crippen LogP contribution < -0.4 is 14.8 Å². The van der Waals surface area contributed by atoms with Gasteiger partial charge in [-0.05, 0) is 61.4 Å². The van der Waals surface area contributed by atoms with Gasteiger partial charge in [-0.2, -0.15) is 0 Å². The van der Waals surface area contributed by atoms with E-state index in [1.165, 1.54) is 6.08 Å². The number of benzene rings is 2. The van der Waals surface area contributed by atoms with Gasteiger partial charge in [0.1, 0.15) is 24.2 Å². The van der Waals surface area contributed by atoms with Crippen molar-refractivity contribution in [2.45, 2.75) is 26.9 Å². The van der Waals surface area contributed by atoms with Gasteiger partial charge in [0, 0.05) is 17.7 Å². The van der Waals surface area contributed by atoms with Crippen LogP contribution >= 0.6 is 0 Å². The van der Waals surface area contributed by atoms with Crippen molar-refractivity contribution in [2.24, 2.45) is 5.92 Å². The molecular weight excluding hydrogens is 450 g/mol. The monoisotopic (exact) mass is 483 g/mol. The molecular formula is C27H33NO7. The number of allylic oxidation sites excluding steroid dienone is 2. The van der Waals surface area contributed by atoms with E-state index in [1.807, 2.05) is 25.1 Å². The number of ether oxygens (including phenoxy) is 4. The lowest BCUT2D eigenvalue weighted by Gasteiger charge is -2.23. The second-order valence-corrected chi connectivity index (χ2v) is 7.68. The maximum absolute atomic E-state index is 12.7. The number of aliphatic hydroxyl groups is 1. The van der Waals surface area contributed by atoms with E-state index in [9.17, 15) is 9.59 Å². The number of nitrogens with one attached hydrogen (secondary N) is 1. The predicted molar refractivity (Wildman–Crippen MR) is 134 cm³/mol. The third-order valence-electron chi connectivity index (χ3n) is 4.91. The molecule has 2 N–H and O–H groups in total. The van der Waals surface area contributed by atoms with Crippen LogP contribution in [0.2, 0.25) is 0 Å². The Morgan fingerprint density at radius 3 is 2.31 bits per heavy atom. The second-order valence-electron chi connectivity index (χ2n) is 7.68. The fourth-order valence-corrected chi connectivity index (χ4v) is 3.16. The molecule has 0 radical (unpaired) electrons. The minimum atomic E-state index is -0.619. The summed E-state index contributed by atoms with van der Waals surface area (Å²) in [5, 5.41) is 11.7. The van der Waals surface area contributed by atoms with Crippen molar-refractivity contribution in [1.82, 2.24) is 0 Å². The fourth-order valence-electron chi connectivity index (χ4n) is 3.16. The summed E-state index contributed by atoms with van der Waals surface area (Å²) in [6.07, 6.45) is 3.84. The molecule has 0 aliphatic rings. The Bertz CT molecular complexity index is 997. The molecule has 0 bridgehead atoms. The zero-order chi connectivity index (χ0) is 25.6. The number of carbonyl (C=O) groups excluding carboxylic acids is 2. The quantitative estimate of drug-likeness (QED) is 0.247. The van der Waals surface area contributed by atoms with E-state index in [0.29, 0.717) is 29.4 Å². The fraction of sp³-hybridized carbons (Fsp3) is 0.333. The largest absolute Gasteiger partial charge is 0.497 e. The van der Waals surface area contributed by atoms with Crippen LogP contribution in [0.25, 0.3) is 0 Å². The van der Waals surface area contributed by atoms with E-state index >= 15 is 0 Å². The van der Waals surface area contributed by atoms with E-state index in [4.69, 9.17) is 24.1 Å². The van der Waals surface area contributed by atoms with Crippen LogP contribution in [0.15, 0.2) is 72.3 Å². The molecule has 0 spiro atoms. The summed E-state index contributed by atoms with van der Waals surface area (Å²) in [7, 11) is 1.57. The number of carbonyl (C=O) groups is 2. The number of amides is 1. The minimum absolute atomic E-state index is 0.0838. The molecule has 8 heteroatoms. The van der Waals surface area contributed by atoms with E-state index in [-0.39, 0.29) is 19.1 Å². The smallest absolute Gasteiger partial charge is 0.412 e. The van der Waals surface area contributed by atoms with Crippen LogP contribution in [0.1, 0.15) is 32.4 Å². The molecule has 0 aromatic heterocycles. The number of esters is 1. The van der Waals surface area contributed by atoms with Crippen molar-refractivity contribution >= 4 is 17.7 Å². The van der Waals surface area contributed by atoms with Crippen molar-refractivity contribution < 1.29 is 33.6 Å². The normalized spacial score (nSPS) is 13.1. The second kappa shape index (κ2) is 14.5. The number of methoxy groups -OCH3 is 1. The van der Waals surface area contributed by atoms with Gasteiger partial charge in [0.25, 0.3) is 0 Å². The Hall–Kier alpha value is -3.78. The first-order valence-electron chi connectivity index (χ1n) is 11.3. The van der Waals surface area contributed by atoms with Gasteiger partial charge in [-0.1, -0.05) is 31.2 Å². The average Bonchev–Trinajstić information content (AvgIpc) is 2.85. The molecule has 0 aliphatic carbocycles. The zero-order valence-electron chi connectivity index (χ0n) is 20.5. The molecule has 2 aromatic rings. The van der Waals surface area contributed by atoms with Gasteiger partial charge in [0.15, 0.2) is 0 Å². The molecule has 0 aliphatic heterocycles. The van der Waals surface area contributed by atoms with Crippen LogP contribution in [0.3, 0.4) is 0 Å². The van der Waals surface area contributed by atoms with Crippen molar-refractivity contribution in [3.8, 4) is 11.5 Å². The highest BCUT2D eigenvalue weighted by Gasteiger charge is 2.22. The average molecular weight is 484 g/mol. The van der Waals surface area contributed by atoms with Crippen molar-refractivity contribution in [1.29, 1.82) is 0 Å². The summed E-state index contributed by atoms with van der Waals surface area (Å²) in [6.45, 7) is 5.86. The summed E-state index contributed by atoms with van der Waals surface area (Å²) in [4.78, 5) is 24.4. The molecule has 0 saturated carbocycles. The first-order valence-corrected chi connectivity index (χ1v) is 11.3. The number of aliphatic hydroxyl groups excluding tert-OH is 1. The highest BCUT2D eigenvalue weighted by atomic mass is 16.6. The van der Waals surface area contributed by atoms with E-state index in [0.717, 1.165) is 5.56 Å². The molecule has 2 aromatic carbocycles. The Morgan fingerprint density at radius 1 is 1.06 bits per heavy atom. The SMILES string of the molecule is CCOC(=O)/C=C(C)/C=C/[C@@H](C)[C@H](OC(=O)Nc1ccc(OC)cc1)c1ccc(OCCO)cc1. The first-order chi connectivity index (χ1) is 16.9. The molecule has 0 unspecified atom stereocenters. The maximum Gasteiger partial charge on any atom is 0.412 e. The molecule has 2 rings (SSSR count). The number of rotatable bonds is 12. The minimum Gasteiger partial charge on any atom is -0.497 e. The molecule has 35 heavy (non-hydrogen) atoms. The first kappa shape index (κ1) is 27.5. The molecule has 188 valence electrons. The van der Waals surface area contributed by atoms with Gasteiger partial charge in [-0.15, -0.1) is 0 Å². The Kier molecular flexibility index (Phi) is 11.4. The lowest BCUT2D eigenvalue weighted by Crippen LogP contribution is -2.21. The van der Waals surface area contributed by atoms with Crippen molar-refractivity contribution in [3.05, 3.63) is 77.9 Å². The predicted octanol–water partition coefficient (Wildman–Crippen LogP) is 5.06. The van der Waals surface area contributed by atoms with Gasteiger partial charge in [0.2, 0.25) is 0 Å². The molecule has 0 saturated heterocycles. The van der Waals surface area contributed by atoms with E-state index < -0.39 is 18.2 Å². The molecule has 8 nitrogen and oxygen atoms in total. The lowest BCUT2D eigenvalue weighted by atomic mass is 9.96. The van der Waals surface area contributed by atoms with Gasteiger partial charge in [-0.25, -0.2) is 9.59 Å². The Balaban J connectivity index is 2.19. The standard InChI is InChI=1S/C27H33NO7/c1-5-33-25(30)18-19(2)6-7-20(3)26(21-8-12-24(13-9-21)34-17-16-29)35-27(31)28-22-10-14-23(32-4)15-11-22/h6-15,18,20,26,29H,5,16-17H2,1-4H3,(H,28,31)/b7-6+,19-18+/t20-,26+/m1/s1. The molecule has 0 heterocycles. The summed E-state index contributed by atoms with van der Waals surface area (Å²) in [5.41, 5.74) is 2.04. The van der Waals surface area contributed by atoms with E-state index in [2.05, 4.69) is 5.32 Å². The van der Waals surface area contributed by atoms with Crippen molar-refractivity contribution in [3.63, 3.8) is 0 Å². The summed E-state index contributed by atoms with van der Waals surface area (Å²) in [5.74, 6) is 0.634. The van der Waals surface area contributed by atoms with Crippen LogP contribution in [0.5, 0.6) is 11.5 Å². The van der Waals surface area contributed by atoms with Crippen molar-refractivity contribution in [2.75, 3.05) is 32.2 Å². The molecule has 1 amide bonds. The zero-order valence-corrected chi connectivity index (χ0v) is 20.5. The molecule has 0 fully saturated rings. The lowest BCUT2D eigenvalue weighted by molar-refractivity contribution is -0.137. The van der Waals surface area contributed by atoms with Gasteiger partial charge in [0.05, 0.1) is 20.3 Å². The summed E-state index contributed by atoms with van der Waals surface area (Å²) in [6, 6.07) is 14.0. The Morgan fingerprint density at radius 2 is 1.71 bits per heavy atom. The third kappa shape index (κ3) is 9.54.